The Kier molecular flexibility index (Phi) is 6.14. The molecule has 0 atom stereocenters. The Labute approximate surface area is 139 Å². The fourth-order valence-corrected chi connectivity index (χ4v) is 1.91. The molecule has 0 unspecified atom stereocenters. The first-order chi connectivity index (χ1) is 10.6. The summed E-state index contributed by atoms with van der Waals surface area (Å²) in [7, 11) is 0. The van der Waals surface area contributed by atoms with Crippen molar-refractivity contribution in [2.24, 2.45) is 0 Å². The van der Waals surface area contributed by atoms with Crippen LogP contribution in [-0.4, -0.2) is 12.6 Å². The van der Waals surface area contributed by atoms with Crippen LogP contribution < -0.4 is 5.32 Å². The predicted molar refractivity (Wildman–Crippen MR) is 88.0 cm³/mol. The van der Waals surface area contributed by atoms with Gasteiger partial charge in [-0.25, -0.2) is 4.79 Å². The first-order valence-corrected chi connectivity index (χ1v) is 7.29. The van der Waals surface area contributed by atoms with Crippen molar-refractivity contribution in [2.45, 2.75) is 6.61 Å². The van der Waals surface area contributed by atoms with E-state index in [4.69, 9.17) is 27.9 Å². The van der Waals surface area contributed by atoms with Gasteiger partial charge in [-0.1, -0.05) is 65.4 Å². The Balaban J connectivity index is 1.75. The Hall–Kier alpha value is -2.15. The molecule has 0 saturated carbocycles. The van der Waals surface area contributed by atoms with Gasteiger partial charge in [0, 0.05) is 5.56 Å². The highest BCUT2D eigenvalue weighted by atomic mass is 35.5. The number of nitrogens with one attached hydrogen (secondary N) is 1. The molecule has 0 aliphatic rings. The maximum Gasteiger partial charge on any atom is 0.408 e. The second-order valence-corrected chi connectivity index (χ2v) is 5.16. The highest BCUT2D eigenvalue weighted by Crippen LogP contribution is 2.21. The average molecular weight is 334 g/mol. The highest BCUT2D eigenvalue weighted by Gasteiger charge is 2.00. The lowest BCUT2D eigenvalue weighted by Crippen LogP contribution is -2.24. The van der Waals surface area contributed by atoms with Crippen molar-refractivity contribution in [3.63, 3.8) is 0 Å². The Morgan fingerprint density at radius 2 is 1.86 bits per heavy atom. The van der Waals surface area contributed by atoms with Crippen molar-refractivity contribution >= 4 is 29.3 Å². The van der Waals surface area contributed by atoms with Gasteiger partial charge in [0.2, 0.25) is 0 Å². The van der Waals surface area contributed by atoms with Gasteiger partial charge in [0.1, 0.15) is 6.61 Å². The SMILES string of the molecule is O=C(NCC#Cc1ccc(Cl)c(Cl)c1)OCc1ccccc1. The molecule has 0 radical (unpaired) electrons. The number of ether oxygens (including phenoxy) is 1. The van der Waals surface area contributed by atoms with E-state index in [-0.39, 0.29) is 13.2 Å². The van der Waals surface area contributed by atoms with Gasteiger partial charge < -0.3 is 10.1 Å². The van der Waals surface area contributed by atoms with E-state index in [9.17, 15) is 4.79 Å². The summed E-state index contributed by atoms with van der Waals surface area (Å²) in [6.45, 7) is 0.417. The largest absolute Gasteiger partial charge is 0.445 e. The number of benzene rings is 2. The summed E-state index contributed by atoms with van der Waals surface area (Å²) in [6, 6.07) is 14.6. The normalized spacial score (nSPS) is 9.55. The average Bonchev–Trinajstić information content (AvgIpc) is 2.54. The maximum atomic E-state index is 11.5. The van der Waals surface area contributed by atoms with Gasteiger partial charge in [-0.15, -0.1) is 0 Å². The van der Waals surface area contributed by atoms with Crippen molar-refractivity contribution in [1.29, 1.82) is 0 Å². The lowest BCUT2D eigenvalue weighted by Gasteiger charge is -2.04. The molecule has 1 amide bonds. The highest BCUT2D eigenvalue weighted by molar-refractivity contribution is 6.42. The Morgan fingerprint density at radius 1 is 1.09 bits per heavy atom. The molecule has 22 heavy (non-hydrogen) atoms. The van der Waals surface area contributed by atoms with E-state index < -0.39 is 6.09 Å². The zero-order valence-electron chi connectivity index (χ0n) is 11.6. The van der Waals surface area contributed by atoms with Crippen molar-refractivity contribution in [3.8, 4) is 11.8 Å². The quantitative estimate of drug-likeness (QED) is 0.851. The molecule has 112 valence electrons. The molecule has 2 aromatic rings. The van der Waals surface area contributed by atoms with E-state index in [1.807, 2.05) is 30.3 Å². The minimum atomic E-state index is -0.507. The Morgan fingerprint density at radius 3 is 2.59 bits per heavy atom. The molecule has 0 bridgehead atoms. The predicted octanol–water partition coefficient (Wildman–Crippen LogP) is 4.27. The van der Waals surface area contributed by atoms with E-state index in [1.165, 1.54) is 0 Å². The molecule has 0 aromatic heterocycles. The summed E-state index contributed by atoms with van der Waals surface area (Å²) in [5.74, 6) is 5.69. The van der Waals surface area contributed by atoms with Gasteiger partial charge in [0.05, 0.1) is 16.6 Å². The fraction of sp³-hybridized carbons (Fsp3) is 0.118. The maximum absolute atomic E-state index is 11.5. The van der Waals surface area contributed by atoms with Crippen LogP contribution in [0.1, 0.15) is 11.1 Å². The number of hydrogen-bond donors (Lipinski definition) is 1. The number of amides is 1. The van der Waals surface area contributed by atoms with E-state index in [0.717, 1.165) is 11.1 Å². The number of rotatable bonds is 3. The first kappa shape index (κ1) is 16.2. The lowest BCUT2D eigenvalue weighted by atomic mass is 10.2. The smallest absolute Gasteiger partial charge is 0.408 e. The second-order valence-electron chi connectivity index (χ2n) is 4.35. The van der Waals surface area contributed by atoms with Crippen LogP contribution in [0, 0.1) is 11.8 Å². The molecule has 1 N–H and O–H groups in total. The minimum absolute atomic E-state index is 0.188. The number of alkyl carbamates (subject to hydrolysis) is 1. The first-order valence-electron chi connectivity index (χ1n) is 6.53. The van der Waals surface area contributed by atoms with Gasteiger partial charge in [0.15, 0.2) is 0 Å². The molecule has 0 heterocycles. The van der Waals surface area contributed by atoms with Crippen molar-refractivity contribution in [1.82, 2.24) is 5.32 Å². The number of carbonyl (C=O) groups excluding carboxylic acids is 1. The van der Waals surface area contributed by atoms with E-state index >= 15 is 0 Å². The molecule has 3 nitrogen and oxygen atoms in total. The summed E-state index contributed by atoms with van der Waals surface area (Å²) < 4.78 is 5.06. The minimum Gasteiger partial charge on any atom is -0.445 e. The number of carbonyl (C=O) groups is 1. The molecule has 5 heteroatoms. The molecule has 0 aliphatic heterocycles. The van der Waals surface area contributed by atoms with Crippen molar-refractivity contribution < 1.29 is 9.53 Å². The van der Waals surface area contributed by atoms with Crippen LogP contribution in [0.5, 0.6) is 0 Å². The van der Waals surface area contributed by atoms with Crippen LogP contribution in [0.15, 0.2) is 48.5 Å². The van der Waals surface area contributed by atoms with Gasteiger partial charge >= 0.3 is 6.09 Å². The van der Waals surface area contributed by atoms with Gasteiger partial charge in [-0.05, 0) is 23.8 Å². The zero-order valence-corrected chi connectivity index (χ0v) is 13.1. The fourth-order valence-electron chi connectivity index (χ4n) is 1.61. The number of hydrogen-bond acceptors (Lipinski definition) is 2. The third-order valence-electron chi connectivity index (χ3n) is 2.69. The van der Waals surface area contributed by atoms with Crippen molar-refractivity contribution in [2.75, 3.05) is 6.54 Å². The molecule has 2 aromatic carbocycles. The summed E-state index contributed by atoms with van der Waals surface area (Å²) >= 11 is 11.7. The van der Waals surface area contributed by atoms with Gasteiger partial charge in [-0.3, -0.25) is 0 Å². The van der Waals surface area contributed by atoms with Crippen LogP contribution in [0.4, 0.5) is 4.79 Å². The second kappa shape index (κ2) is 8.33. The van der Waals surface area contributed by atoms with E-state index in [2.05, 4.69) is 17.2 Å². The number of halogens is 2. The van der Waals surface area contributed by atoms with E-state index in [0.29, 0.717) is 10.0 Å². The van der Waals surface area contributed by atoms with Crippen molar-refractivity contribution in [3.05, 3.63) is 69.7 Å². The van der Waals surface area contributed by atoms with Gasteiger partial charge in [0.25, 0.3) is 0 Å². The molecular weight excluding hydrogens is 321 g/mol. The Bertz CT molecular complexity index is 706. The van der Waals surface area contributed by atoms with Crippen LogP contribution in [0.25, 0.3) is 0 Å². The monoisotopic (exact) mass is 333 g/mol. The third kappa shape index (κ3) is 5.33. The summed E-state index contributed by atoms with van der Waals surface area (Å²) in [5.41, 5.74) is 1.66. The molecule has 0 spiro atoms. The molecule has 0 saturated heterocycles. The standard InChI is InChI=1S/C17H13Cl2NO2/c18-15-9-8-13(11-16(15)19)7-4-10-20-17(21)22-12-14-5-2-1-3-6-14/h1-3,5-6,8-9,11H,10,12H2,(H,20,21). The molecular formula is C17H13Cl2NO2. The summed E-state index contributed by atoms with van der Waals surface area (Å²) in [6.07, 6.45) is -0.507. The topological polar surface area (TPSA) is 38.3 Å². The van der Waals surface area contributed by atoms with Crippen LogP contribution in [0.2, 0.25) is 10.0 Å². The molecule has 0 aliphatic carbocycles. The van der Waals surface area contributed by atoms with Crippen LogP contribution >= 0.6 is 23.2 Å². The summed E-state index contributed by atoms with van der Waals surface area (Å²) in [4.78, 5) is 11.5. The van der Waals surface area contributed by atoms with Crippen LogP contribution in [-0.2, 0) is 11.3 Å². The lowest BCUT2D eigenvalue weighted by molar-refractivity contribution is 0.141. The summed E-state index contributed by atoms with van der Waals surface area (Å²) in [5, 5.41) is 3.48. The zero-order chi connectivity index (χ0) is 15.8. The van der Waals surface area contributed by atoms with E-state index in [1.54, 1.807) is 18.2 Å². The van der Waals surface area contributed by atoms with Gasteiger partial charge in [-0.2, -0.15) is 0 Å². The van der Waals surface area contributed by atoms with Crippen LogP contribution in [0.3, 0.4) is 0 Å². The molecule has 2 rings (SSSR count). The molecule has 0 fully saturated rings. The third-order valence-corrected chi connectivity index (χ3v) is 3.43.